The molecule has 1 heterocycles. The summed E-state index contributed by atoms with van der Waals surface area (Å²) in [6.07, 6.45) is 2.69. The number of hydrogen-bond donors (Lipinski definition) is 1. The minimum Gasteiger partial charge on any atom is -0.372 e. The van der Waals surface area contributed by atoms with Gasteiger partial charge >= 0.3 is 7.60 Å². The maximum absolute atomic E-state index is 13.4. The molecule has 0 aliphatic carbocycles. The summed E-state index contributed by atoms with van der Waals surface area (Å²) >= 11 is 12.2. The van der Waals surface area contributed by atoms with Crippen molar-refractivity contribution in [1.82, 2.24) is 14.8 Å². The Balaban J connectivity index is 2.61. The zero-order valence-electron chi connectivity index (χ0n) is 13.2. The minimum absolute atomic E-state index is 0.0855. The molecule has 7 nitrogen and oxygen atoms in total. The number of benzene rings is 1. The van der Waals surface area contributed by atoms with Crippen LogP contribution in [-0.2, 0) is 25.5 Å². The highest BCUT2D eigenvalue weighted by Crippen LogP contribution is 2.65. The lowest BCUT2D eigenvalue weighted by Crippen LogP contribution is -2.34. The third kappa shape index (κ3) is 3.82. The predicted octanol–water partition coefficient (Wildman–Crippen LogP) is 3.70. The lowest BCUT2D eigenvalue weighted by molar-refractivity contribution is 0.0480. The van der Waals surface area contributed by atoms with Crippen LogP contribution in [0.5, 0.6) is 0 Å². The van der Waals surface area contributed by atoms with Crippen LogP contribution in [0.2, 0.25) is 10.0 Å². The van der Waals surface area contributed by atoms with Gasteiger partial charge in [-0.3, -0.25) is 4.57 Å². The fourth-order valence-electron chi connectivity index (χ4n) is 2.26. The first-order chi connectivity index (χ1) is 11.4. The molecule has 24 heavy (non-hydrogen) atoms. The Bertz CT molecular complexity index is 719. The van der Waals surface area contributed by atoms with Crippen molar-refractivity contribution in [3.05, 3.63) is 46.5 Å². The fourth-order valence-corrected chi connectivity index (χ4v) is 4.88. The summed E-state index contributed by atoms with van der Waals surface area (Å²) < 4.78 is 25.4. The molecule has 0 bridgehead atoms. The molecule has 1 atom stereocenters. The second kappa shape index (κ2) is 7.95. The summed E-state index contributed by atoms with van der Waals surface area (Å²) in [4.78, 5) is 3.83. The molecule has 0 aliphatic rings. The van der Waals surface area contributed by atoms with Crippen molar-refractivity contribution in [2.75, 3.05) is 13.2 Å². The van der Waals surface area contributed by atoms with Crippen molar-refractivity contribution >= 4 is 30.8 Å². The summed E-state index contributed by atoms with van der Waals surface area (Å²) in [5.74, 6) is 0. The number of hydrogen-bond acceptors (Lipinski definition) is 6. The lowest BCUT2D eigenvalue weighted by Gasteiger charge is -2.35. The maximum atomic E-state index is 13.4. The van der Waals surface area contributed by atoms with Gasteiger partial charge in [-0.05, 0) is 26.0 Å². The smallest absolute Gasteiger partial charge is 0.368 e. The van der Waals surface area contributed by atoms with E-state index >= 15 is 0 Å². The molecule has 2 aromatic rings. The average Bonchev–Trinajstić information content (AvgIpc) is 3.00. The molecule has 1 N–H and O–H groups in total. The van der Waals surface area contributed by atoms with Gasteiger partial charge in [-0.25, -0.2) is 9.67 Å². The van der Waals surface area contributed by atoms with Gasteiger partial charge in [0.2, 0.25) is 5.34 Å². The Kier molecular flexibility index (Phi) is 6.42. The Hall–Kier alpha value is -0.950. The van der Waals surface area contributed by atoms with Gasteiger partial charge in [0.15, 0.2) is 0 Å². The van der Waals surface area contributed by atoms with Gasteiger partial charge < -0.3 is 14.2 Å². The van der Waals surface area contributed by atoms with Crippen LogP contribution in [0.15, 0.2) is 30.9 Å². The van der Waals surface area contributed by atoms with Crippen LogP contribution < -0.4 is 0 Å². The van der Waals surface area contributed by atoms with Crippen molar-refractivity contribution < 1.29 is 18.7 Å². The Labute approximate surface area is 150 Å². The quantitative estimate of drug-likeness (QED) is 0.688. The van der Waals surface area contributed by atoms with Crippen LogP contribution >= 0.6 is 30.8 Å². The number of halogens is 2. The van der Waals surface area contributed by atoms with Crippen LogP contribution in [-0.4, -0.2) is 33.1 Å². The molecule has 1 aromatic carbocycles. The molecule has 0 spiro atoms. The van der Waals surface area contributed by atoms with E-state index in [-0.39, 0.29) is 30.3 Å². The van der Waals surface area contributed by atoms with E-state index in [2.05, 4.69) is 10.1 Å². The molecule has 2 rings (SSSR count). The fraction of sp³-hybridized carbons (Fsp3) is 0.429. The zero-order chi connectivity index (χ0) is 17.8. The topological polar surface area (TPSA) is 86.5 Å². The zero-order valence-corrected chi connectivity index (χ0v) is 15.6. The molecule has 10 heteroatoms. The first-order valence-electron chi connectivity index (χ1n) is 7.26. The van der Waals surface area contributed by atoms with E-state index in [0.717, 1.165) is 0 Å². The highest BCUT2D eigenvalue weighted by Gasteiger charge is 2.53. The molecule has 1 aromatic heterocycles. The molecule has 0 saturated heterocycles. The maximum Gasteiger partial charge on any atom is 0.368 e. The SMILES string of the molecule is CCOP(=O)(OCC)C(O)(Cn1cncn1)c1ccc(Cl)cc1Cl. The van der Waals surface area contributed by atoms with E-state index in [1.54, 1.807) is 13.8 Å². The van der Waals surface area contributed by atoms with Gasteiger partial charge in [0.05, 0.1) is 19.8 Å². The monoisotopic (exact) mass is 393 g/mol. The minimum atomic E-state index is -4.01. The highest BCUT2D eigenvalue weighted by atomic mass is 35.5. The lowest BCUT2D eigenvalue weighted by atomic mass is 10.1. The van der Waals surface area contributed by atoms with Gasteiger partial charge in [-0.2, -0.15) is 5.10 Å². The average molecular weight is 394 g/mol. The molecular formula is C14H18Cl2N3O4P. The van der Waals surface area contributed by atoms with E-state index in [1.165, 1.54) is 35.5 Å². The largest absolute Gasteiger partial charge is 0.372 e. The molecule has 0 amide bonds. The van der Waals surface area contributed by atoms with E-state index < -0.39 is 12.9 Å². The second-order valence-electron chi connectivity index (χ2n) is 4.87. The van der Waals surface area contributed by atoms with Crippen LogP contribution in [0.25, 0.3) is 0 Å². The summed E-state index contributed by atoms with van der Waals surface area (Å²) in [7, 11) is -4.01. The molecule has 0 aliphatic heterocycles. The van der Waals surface area contributed by atoms with Crippen LogP contribution in [0.1, 0.15) is 19.4 Å². The summed E-state index contributed by atoms with van der Waals surface area (Å²) in [5, 5.41) is 13.8. The normalized spacial score (nSPS) is 14.5. The van der Waals surface area contributed by atoms with Crippen LogP contribution in [0.4, 0.5) is 0 Å². The molecular weight excluding hydrogens is 376 g/mol. The Morgan fingerprint density at radius 2 is 1.96 bits per heavy atom. The van der Waals surface area contributed by atoms with Gasteiger partial charge in [0.1, 0.15) is 12.7 Å². The summed E-state index contributed by atoms with van der Waals surface area (Å²) in [6, 6.07) is 4.48. The van der Waals surface area contributed by atoms with Gasteiger partial charge in [-0.15, -0.1) is 0 Å². The van der Waals surface area contributed by atoms with E-state index in [4.69, 9.17) is 32.2 Å². The van der Waals surface area contributed by atoms with Gasteiger partial charge in [-0.1, -0.05) is 29.3 Å². The van der Waals surface area contributed by atoms with Gasteiger partial charge in [0.25, 0.3) is 0 Å². The number of nitrogens with zero attached hydrogens (tertiary/aromatic N) is 3. The number of aliphatic hydroxyl groups is 1. The van der Waals surface area contributed by atoms with E-state index in [9.17, 15) is 9.67 Å². The second-order valence-corrected chi connectivity index (χ2v) is 7.96. The molecule has 132 valence electrons. The molecule has 1 unspecified atom stereocenters. The third-order valence-corrected chi connectivity index (χ3v) is 6.30. The molecule has 0 fully saturated rings. The van der Waals surface area contributed by atoms with Crippen molar-refractivity contribution in [1.29, 1.82) is 0 Å². The van der Waals surface area contributed by atoms with E-state index in [1.807, 2.05) is 0 Å². The van der Waals surface area contributed by atoms with Crippen LogP contribution in [0.3, 0.4) is 0 Å². The van der Waals surface area contributed by atoms with Crippen molar-refractivity contribution in [3.63, 3.8) is 0 Å². The number of rotatable bonds is 8. The summed E-state index contributed by atoms with van der Waals surface area (Å²) in [5.41, 5.74) is 0.175. The van der Waals surface area contributed by atoms with Crippen molar-refractivity contribution in [3.8, 4) is 0 Å². The standard InChI is InChI=1S/C14H18Cl2N3O4P/c1-3-22-24(21,23-4-2)14(20,8-19-10-17-9-18-19)12-6-5-11(15)7-13(12)16/h5-7,9-10,20H,3-4,8H2,1-2H3. The Morgan fingerprint density at radius 1 is 1.29 bits per heavy atom. The van der Waals surface area contributed by atoms with Crippen LogP contribution in [0, 0.1) is 0 Å². The first-order valence-corrected chi connectivity index (χ1v) is 9.55. The van der Waals surface area contributed by atoms with Gasteiger partial charge in [0, 0.05) is 15.6 Å². The highest BCUT2D eigenvalue weighted by molar-refractivity contribution is 7.54. The predicted molar refractivity (Wildman–Crippen MR) is 91.2 cm³/mol. The first kappa shape index (κ1) is 19.4. The molecule has 0 radical (unpaired) electrons. The van der Waals surface area contributed by atoms with Crippen molar-refractivity contribution in [2.24, 2.45) is 0 Å². The van der Waals surface area contributed by atoms with Crippen molar-refractivity contribution in [2.45, 2.75) is 25.7 Å². The molecule has 0 saturated carbocycles. The third-order valence-electron chi connectivity index (χ3n) is 3.26. The number of aromatic nitrogens is 3. The summed E-state index contributed by atoms with van der Waals surface area (Å²) in [6.45, 7) is 3.27. The van der Waals surface area contributed by atoms with E-state index in [0.29, 0.717) is 5.02 Å². The Morgan fingerprint density at radius 3 is 2.46 bits per heavy atom.